The largest absolute Gasteiger partial charge is 0.480 e. The number of nitriles is 1. The molecule has 0 saturated heterocycles. The van der Waals surface area contributed by atoms with Gasteiger partial charge in [-0.1, -0.05) is 60.7 Å². The molecule has 2 N–H and O–H groups in total. The van der Waals surface area contributed by atoms with Gasteiger partial charge in [0.1, 0.15) is 6.04 Å². The number of carbonyl (C=O) groups is 2. The van der Waals surface area contributed by atoms with Gasteiger partial charge in [-0.25, -0.2) is 4.79 Å². The van der Waals surface area contributed by atoms with E-state index in [1.807, 2.05) is 66.7 Å². The van der Waals surface area contributed by atoms with Crippen molar-refractivity contribution in [2.24, 2.45) is 5.92 Å². The lowest BCUT2D eigenvalue weighted by Gasteiger charge is -2.21. The van der Waals surface area contributed by atoms with Crippen LogP contribution in [0.2, 0.25) is 0 Å². The molecule has 0 fully saturated rings. The summed E-state index contributed by atoms with van der Waals surface area (Å²) in [5.41, 5.74) is 1.56. The lowest BCUT2D eigenvalue weighted by molar-refractivity contribution is -0.142. The SMILES string of the molecule is C[C@@H](C#N)C[C@@H](NC(=O)C(c1ccccc1)c1ccccc1)C(=O)O. The molecule has 0 unspecified atom stereocenters. The van der Waals surface area contributed by atoms with Gasteiger partial charge < -0.3 is 10.4 Å². The molecular weight excluding hydrogens is 316 g/mol. The third-order valence-corrected chi connectivity index (χ3v) is 3.95. The number of nitrogens with zero attached hydrogens (tertiary/aromatic N) is 1. The number of amides is 1. The number of hydrogen-bond donors (Lipinski definition) is 2. The van der Waals surface area contributed by atoms with E-state index >= 15 is 0 Å². The summed E-state index contributed by atoms with van der Waals surface area (Å²) in [6.07, 6.45) is 0.0634. The van der Waals surface area contributed by atoms with Gasteiger partial charge >= 0.3 is 5.97 Å². The molecule has 0 aromatic heterocycles. The minimum absolute atomic E-state index is 0.0634. The normalized spacial score (nSPS) is 12.8. The number of carboxylic acid groups (broad SMARTS) is 1. The Hall–Kier alpha value is -3.13. The summed E-state index contributed by atoms with van der Waals surface area (Å²) in [7, 11) is 0. The molecule has 0 aliphatic heterocycles. The Bertz CT molecular complexity index is 714. The zero-order chi connectivity index (χ0) is 18.2. The summed E-state index contributed by atoms with van der Waals surface area (Å²) in [6, 6.07) is 19.3. The van der Waals surface area contributed by atoms with Crippen LogP contribution >= 0.6 is 0 Å². The molecule has 0 saturated carbocycles. The Morgan fingerprint density at radius 1 is 1.04 bits per heavy atom. The second-order valence-corrected chi connectivity index (χ2v) is 5.92. The minimum Gasteiger partial charge on any atom is -0.480 e. The van der Waals surface area contributed by atoms with Crippen LogP contribution in [0.1, 0.15) is 30.4 Å². The van der Waals surface area contributed by atoms with Gasteiger partial charge in [0.25, 0.3) is 0 Å². The zero-order valence-corrected chi connectivity index (χ0v) is 13.9. The highest BCUT2D eigenvalue weighted by atomic mass is 16.4. The van der Waals surface area contributed by atoms with Crippen LogP contribution < -0.4 is 5.32 Å². The highest BCUT2D eigenvalue weighted by molar-refractivity contribution is 5.90. The molecule has 0 aliphatic rings. The molecule has 2 rings (SSSR count). The van der Waals surface area contributed by atoms with Crippen molar-refractivity contribution in [3.63, 3.8) is 0 Å². The summed E-state index contributed by atoms with van der Waals surface area (Å²) in [5.74, 6) is -2.61. The maximum Gasteiger partial charge on any atom is 0.326 e. The fraction of sp³-hybridized carbons (Fsp3) is 0.250. The third-order valence-electron chi connectivity index (χ3n) is 3.95. The molecule has 0 radical (unpaired) electrons. The zero-order valence-electron chi connectivity index (χ0n) is 13.9. The molecule has 0 heterocycles. The van der Waals surface area contributed by atoms with E-state index in [0.29, 0.717) is 0 Å². The molecule has 2 atom stereocenters. The van der Waals surface area contributed by atoms with Crippen molar-refractivity contribution in [2.75, 3.05) is 0 Å². The third kappa shape index (κ3) is 4.92. The van der Waals surface area contributed by atoms with Crippen molar-refractivity contribution in [1.29, 1.82) is 5.26 Å². The van der Waals surface area contributed by atoms with E-state index in [1.54, 1.807) is 6.92 Å². The minimum atomic E-state index is -1.14. The Morgan fingerprint density at radius 2 is 1.52 bits per heavy atom. The van der Waals surface area contributed by atoms with E-state index in [-0.39, 0.29) is 6.42 Å². The molecule has 2 aromatic carbocycles. The fourth-order valence-electron chi connectivity index (χ4n) is 2.67. The summed E-state index contributed by atoms with van der Waals surface area (Å²) < 4.78 is 0. The van der Waals surface area contributed by atoms with Crippen molar-refractivity contribution in [3.05, 3.63) is 71.8 Å². The topological polar surface area (TPSA) is 90.2 Å². The van der Waals surface area contributed by atoms with E-state index in [9.17, 15) is 14.7 Å². The first-order valence-corrected chi connectivity index (χ1v) is 8.05. The molecule has 128 valence electrons. The first-order valence-electron chi connectivity index (χ1n) is 8.05. The fourth-order valence-corrected chi connectivity index (χ4v) is 2.67. The van der Waals surface area contributed by atoms with Gasteiger partial charge in [0, 0.05) is 5.92 Å². The van der Waals surface area contributed by atoms with Crippen LogP contribution in [0.3, 0.4) is 0 Å². The van der Waals surface area contributed by atoms with E-state index in [0.717, 1.165) is 11.1 Å². The highest BCUT2D eigenvalue weighted by Crippen LogP contribution is 2.25. The average Bonchev–Trinajstić information content (AvgIpc) is 2.63. The van der Waals surface area contributed by atoms with Crippen molar-refractivity contribution in [3.8, 4) is 6.07 Å². The predicted molar refractivity (Wildman–Crippen MR) is 93.7 cm³/mol. The standard InChI is InChI=1S/C20H20N2O3/c1-14(13-21)12-17(20(24)25)22-19(23)18(15-8-4-2-5-9-15)16-10-6-3-7-11-16/h2-11,14,17-18H,12H2,1H3,(H,22,23)(H,24,25)/t14-,17-/m1/s1. The van der Waals surface area contributed by atoms with Gasteiger partial charge in [0.15, 0.2) is 0 Å². The number of carbonyl (C=O) groups excluding carboxylic acids is 1. The molecule has 5 heteroatoms. The van der Waals surface area contributed by atoms with Crippen molar-refractivity contribution in [1.82, 2.24) is 5.32 Å². The Kier molecular flexibility index (Phi) is 6.30. The van der Waals surface area contributed by atoms with Gasteiger partial charge in [-0.15, -0.1) is 0 Å². The summed E-state index contributed by atoms with van der Waals surface area (Å²) in [6.45, 7) is 1.63. The predicted octanol–water partition coefficient (Wildman–Crippen LogP) is 2.94. The Labute approximate surface area is 146 Å². The van der Waals surface area contributed by atoms with Crippen LogP contribution in [0.25, 0.3) is 0 Å². The van der Waals surface area contributed by atoms with Crippen molar-refractivity contribution in [2.45, 2.75) is 25.3 Å². The maximum atomic E-state index is 12.9. The van der Waals surface area contributed by atoms with Crippen molar-refractivity contribution < 1.29 is 14.7 Å². The molecule has 5 nitrogen and oxygen atoms in total. The van der Waals surface area contributed by atoms with Crippen LogP contribution in [0.4, 0.5) is 0 Å². The highest BCUT2D eigenvalue weighted by Gasteiger charge is 2.28. The van der Waals surface area contributed by atoms with Gasteiger partial charge in [-0.05, 0) is 24.5 Å². The summed E-state index contributed by atoms with van der Waals surface area (Å²) in [5, 5.41) is 20.9. The second-order valence-electron chi connectivity index (χ2n) is 5.92. The monoisotopic (exact) mass is 336 g/mol. The first kappa shape index (κ1) is 18.2. The van der Waals surface area contributed by atoms with Gasteiger partial charge in [0.2, 0.25) is 5.91 Å². The van der Waals surface area contributed by atoms with Crippen LogP contribution in [-0.2, 0) is 9.59 Å². The van der Waals surface area contributed by atoms with E-state index < -0.39 is 29.8 Å². The molecule has 1 amide bonds. The van der Waals surface area contributed by atoms with Crippen molar-refractivity contribution >= 4 is 11.9 Å². The number of aliphatic carboxylic acids is 1. The second kappa shape index (κ2) is 8.65. The molecule has 0 spiro atoms. The number of hydrogen-bond acceptors (Lipinski definition) is 3. The van der Waals surface area contributed by atoms with Gasteiger partial charge in [-0.2, -0.15) is 5.26 Å². The number of rotatable bonds is 7. The molecule has 2 aromatic rings. The molecular formula is C20H20N2O3. The Balaban J connectivity index is 2.29. The lowest BCUT2D eigenvalue weighted by atomic mass is 9.90. The maximum absolute atomic E-state index is 12.9. The molecule has 25 heavy (non-hydrogen) atoms. The number of carboxylic acids is 1. The summed E-state index contributed by atoms with van der Waals surface area (Å²) in [4.78, 5) is 24.3. The van der Waals surface area contributed by atoms with E-state index in [1.165, 1.54) is 0 Å². The van der Waals surface area contributed by atoms with Gasteiger partial charge in [0.05, 0.1) is 12.0 Å². The van der Waals surface area contributed by atoms with Gasteiger partial charge in [-0.3, -0.25) is 4.79 Å². The summed E-state index contributed by atoms with van der Waals surface area (Å²) >= 11 is 0. The Morgan fingerprint density at radius 3 is 1.92 bits per heavy atom. The average molecular weight is 336 g/mol. The van der Waals surface area contributed by atoms with Crippen LogP contribution in [0.15, 0.2) is 60.7 Å². The van der Waals surface area contributed by atoms with Crippen LogP contribution in [-0.4, -0.2) is 23.0 Å². The quantitative estimate of drug-likeness (QED) is 0.813. The van der Waals surface area contributed by atoms with E-state index in [4.69, 9.17) is 5.26 Å². The smallest absolute Gasteiger partial charge is 0.326 e. The lowest BCUT2D eigenvalue weighted by Crippen LogP contribution is -2.44. The number of benzene rings is 2. The van der Waals surface area contributed by atoms with Crippen LogP contribution in [0.5, 0.6) is 0 Å². The first-order chi connectivity index (χ1) is 12.0. The molecule has 0 aliphatic carbocycles. The van der Waals surface area contributed by atoms with Crippen LogP contribution in [0, 0.1) is 17.2 Å². The number of nitrogens with one attached hydrogen (secondary N) is 1. The van der Waals surface area contributed by atoms with E-state index in [2.05, 4.69) is 5.32 Å². The molecule has 0 bridgehead atoms.